The number of hydrogen-bond acceptors (Lipinski definition) is 5. The number of fused-ring (bicyclic) bond motifs is 1. The van der Waals surface area contributed by atoms with Crippen molar-refractivity contribution in [3.8, 4) is 11.5 Å². The lowest BCUT2D eigenvalue weighted by atomic mass is 10.2. The monoisotopic (exact) mass is 324 g/mol. The third kappa shape index (κ3) is 3.19. The molecule has 0 atom stereocenters. The number of ether oxygens (including phenoxy) is 2. The van der Waals surface area contributed by atoms with Crippen LogP contribution in [-0.2, 0) is 0 Å². The number of H-pyrrole nitrogens is 1. The molecular weight excluding hydrogens is 308 g/mol. The number of hydrazone groups is 1. The highest BCUT2D eigenvalue weighted by Gasteiger charge is 2.06. The van der Waals surface area contributed by atoms with Gasteiger partial charge < -0.3 is 14.5 Å². The minimum atomic E-state index is -0.303. The van der Waals surface area contributed by atoms with E-state index in [0.29, 0.717) is 17.1 Å². The van der Waals surface area contributed by atoms with Crippen molar-refractivity contribution >= 4 is 23.2 Å². The van der Waals surface area contributed by atoms with Crippen LogP contribution in [0.3, 0.4) is 0 Å². The fourth-order valence-corrected chi connectivity index (χ4v) is 2.24. The number of aromatic nitrogens is 2. The molecule has 0 bridgehead atoms. The second kappa shape index (κ2) is 6.82. The molecule has 24 heavy (non-hydrogen) atoms. The normalized spacial score (nSPS) is 10.9. The summed E-state index contributed by atoms with van der Waals surface area (Å²) in [7, 11) is 3.13. The summed E-state index contributed by atoms with van der Waals surface area (Å²) < 4.78 is 10.4. The third-order valence-electron chi connectivity index (χ3n) is 3.47. The van der Waals surface area contributed by atoms with E-state index in [4.69, 9.17) is 9.47 Å². The van der Waals surface area contributed by atoms with Gasteiger partial charge in [-0.15, -0.1) is 0 Å². The molecule has 1 amide bonds. The summed E-state index contributed by atoms with van der Waals surface area (Å²) in [5, 5.41) is 3.97. The van der Waals surface area contributed by atoms with Crippen molar-refractivity contribution in [1.82, 2.24) is 15.4 Å². The highest BCUT2D eigenvalue weighted by atomic mass is 16.5. The van der Waals surface area contributed by atoms with E-state index in [1.807, 2.05) is 6.07 Å². The van der Waals surface area contributed by atoms with E-state index in [2.05, 4.69) is 20.5 Å². The molecule has 3 aromatic rings. The Bertz CT molecular complexity index is 902. The van der Waals surface area contributed by atoms with Crippen molar-refractivity contribution in [3.63, 3.8) is 0 Å². The molecule has 0 saturated heterocycles. The zero-order valence-corrected chi connectivity index (χ0v) is 13.2. The average Bonchev–Trinajstić information content (AvgIpc) is 3.09. The van der Waals surface area contributed by atoms with Gasteiger partial charge in [0.15, 0.2) is 11.5 Å². The first-order valence-corrected chi connectivity index (χ1v) is 7.20. The fourth-order valence-electron chi connectivity index (χ4n) is 2.24. The third-order valence-corrected chi connectivity index (χ3v) is 3.47. The number of carbonyl (C=O) groups excluding carboxylic acids is 1. The Hall–Kier alpha value is -3.35. The predicted octanol–water partition coefficient (Wildman–Crippen LogP) is 2.34. The molecule has 0 aliphatic heterocycles. The van der Waals surface area contributed by atoms with E-state index in [1.165, 1.54) is 6.21 Å². The molecule has 7 heteroatoms. The lowest BCUT2D eigenvalue weighted by Gasteiger charge is -2.07. The van der Waals surface area contributed by atoms with Gasteiger partial charge in [0.2, 0.25) is 0 Å². The average molecular weight is 324 g/mol. The van der Waals surface area contributed by atoms with Gasteiger partial charge in [0, 0.05) is 5.56 Å². The maximum Gasteiger partial charge on any atom is 0.271 e. The molecule has 3 rings (SSSR count). The van der Waals surface area contributed by atoms with E-state index in [0.717, 1.165) is 16.6 Å². The molecule has 1 aromatic heterocycles. The van der Waals surface area contributed by atoms with Gasteiger partial charge in [-0.2, -0.15) is 5.10 Å². The molecule has 122 valence electrons. The van der Waals surface area contributed by atoms with Crippen LogP contribution in [0.1, 0.15) is 15.9 Å². The Morgan fingerprint density at radius 2 is 2.00 bits per heavy atom. The van der Waals surface area contributed by atoms with Gasteiger partial charge in [-0.05, 0) is 42.0 Å². The number of nitrogens with zero attached hydrogens (tertiary/aromatic N) is 2. The second-order valence-corrected chi connectivity index (χ2v) is 4.95. The lowest BCUT2D eigenvalue weighted by molar-refractivity contribution is 0.0955. The summed E-state index contributed by atoms with van der Waals surface area (Å²) in [5.74, 6) is 0.923. The quantitative estimate of drug-likeness (QED) is 0.557. The van der Waals surface area contributed by atoms with Crippen molar-refractivity contribution < 1.29 is 14.3 Å². The molecule has 0 aliphatic carbocycles. The van der Waals surface area contributed by atoms with Crippen molar-refractivity contribution in [1.29, 1.82) is 0 Å². The first-order valence-electron chi connectivity index (χ1n) is 7.20. The van der Waals surface area contributed by atoms with Gasteiger partial charge in [0.05, 0.1) is 37.8 Å². The Morgan fingerprint density at radius 3 is 2.79 bits per heavy atom. The number of carbonyl (C=O) groups is 1. The number of amides is 1. The van der Waals surface area contributed by atoms with Crippen LogP contribution in [0.2, 0.25) is 0 Å². The standard InChI is InChI=1S/C17H16N4O3/c1-23-15-6-3-11(7-16(15)24-2)9-20-21-17(22)12-4-5-13-14(8-12)19-10-18-13/h3-10H,1-2H3,(H,18,19)(H,21,22). The second-order valence-electron chi connectivity index (χ2n) is 4.95. The molecule has 0 fully saturated rings. The Kier molecular flexibility index (Phi) is 4.42. The number of imidazole rings is 1. The molecular formula is C17H16N4O3. The summed E-state index contributed by atoms with van der Waals surface area (Å²) in [6.07, 6.45) is 3.12. The number of nitrogens with one attached hydrogen (secondary N) is 2. The zero-order valence-electron chi connectivity index (χ0n) is 13.2. The summed E-state index contributed by atoms with van der Waals surface area (Å²) in [5.41, 5.74) is 5.37. The SMILES string of the molecule is COc1ccc(C=NNC(=O)c2ccc3nc[nH]c3c2)cc1OC. The zero-order chi connectivity index (χ0) is 16.9. The topological polar surface area (TPSA) is 88.6 Å². The highest BCUT2D eigenvalue weighted by molar-refractivity contribution is 5.97. The molecule has 7 nitrogen and oxygen atoms in total. The summed E-state index contributed by atoms with van der Waals surface area (Å²) in [4.78, 5) is 19.2. The molecule has 2 N–H and O–H groups in total. The fraction of sp³-hybridized carbons (Fsp3) is 0.118. The van der Waals surface area contributed by atoms with Crippen molar-refractivity contribution in [3.05, 3.63) is 53.9 Å². The van der Waals surface area contributed by atoms with Gasteiger partial charge in [-0.3, -0.25) is 4.79 Å². The molecule has 0 unspecified atom stereocenters. The van der Waals surface area contributed by atoms with Crippen LogP contribution >= 0.6 is 0 Å². The highest BCUT2D eigenvalue weighted by Crippen LogP contribution is 2.26. The van der Waals surface area contributed by atoms with Crippen LogP contribution < -0.4 is 14.9 Å². The van der Waals surface area contributed by atoms with E-state index < -0.39 is 0 Å². The molecule has 1 heterocycles. The number of rotatable bonds is 5. The largest absolute Gasteiger partial charge is 0.493 e. The van der Waals surface area contributed by atoms with Gasteiger partial charge in [-0.25, -0.2) is 10.4 Å². The maximum absolute atomic E-state index is 12.1. The van der Waals surface area contributed by atoms with Crippen molar-refractivity contribution in [2.45, 2.75) is 0 Å². The lowest BCUT2D eigenvalue weighted by Crippen LogP contribution is -2.17. The number of benzene rings is 2. The molecule has 0 saturated carbocycles. The van der Waals surface area contributed by atoms with Crippen LogP contribution in [0.15, 0.2) is 47.8 Å². The van der Waals surface area contributed by atoms with Gasteiger partial charge in [0.1, 0.15) is 0 Å². The van der Waals surface area contributed by atoms with Crippen molar-refractivity contribution in [2.75, 3.05) is 14.2 Å². The van der Waals surface area contributed by atoms with E-state index >= 15 is 0 Å². The Morgan fingerprint density at radius 1 is 1.17 bits per heavy atom. The summed E-state index contributed by atoms with van der Waals surface area (Å²) >= 11 is 0. The van der Waals surface area contributed by atoms with Crippen LogP contribution in [0.4, 0.5) is 0 Å². The van der Waals surface area contributed by atoms with E-state index in [9.17, 15) is 4.79 Å². The summed E-state index contributed by atoms with van der Waals surface area (Å²) in [6.45, 7) is 0. The van der Waals surface area contributed by atoms with Gasteiger partial charge in [0.25, 0.3) is 5.91 Å². The summed E-state index contributed by atoms with van der Waals surface area (Å²) in [6, 6.07) is 10.6. The Labute approximate surface area is 138 Å². The smallest absolute Gasteiger partial charge is 0.271 e. The Balaban J connectivity index is 1.70. The minimum Gasteiger partial charge on any atom is -0.493 e. The van der Waals surface area contributed by atoms with Crippen LogP contribution in [-0.4, -0.2) is 36.3 Å². The van der Waals surface area contributed by atoms with E-state index in [1.54, 1.807) is 50.9 Å². The van der Waals surface area contributed by atoms with Crippen LogP contribution in [0, 0.1) is 0 Å². The molecule has 0 spiro atoms. The first-order chi connectivity index (χ1) is 11.7. The molecule has 0 radical (unpaired) electrons. The molecule has 0 aliphatic rings. The number of aromatic amines is 1. The van der Waals surface area contributed by atoms with Gasteiger partial charge >= 0.3 is 0 Å². The number of hydrogen-bond donors (Lipinski definition) is 2. The molecule has 2 aromatic carbocycles. The van der Waals surface area contributed by atoms with Crippen LogP contribution in [0.25, 0.3) is 11.0 Å². The van der Waals surface area contributed by atoms with E-state index in [-0.39, 0.29) is 5.91 Å². The van der Waals surface area contributed by atoms with Gasteiger partial charge in [-0.1, -0.05) is 0 Å². The van der Waals surface area contributed by atoms with Crippen LogP contribution in [0.5, 0.6) is 11.5 Å². The van der Waals surface area contributed by atoms with Crippen molar-refractivity contribution in [2.24, 2.45) is 5.10 Å². The number of methoxy groups -OCH3 is 2. The first kappa shape index (κ1) is 15.5. The minimum absolute atomic E-state index is 0.303. The maximum atomic E-state index is 12.1. The predicted molar refractivity (Wildman–Crippen MR) is 90.7 cm³/mol.